The lowest BCUT2D eigenvalue weighted by molar-refractivity contribution is -0.155. The van der Waals surface area contributed by atoms with Crippen LogP contribution in [0.4, 0.5) is 0 Å². The molecule has 0 aromatic rings. The minimum absolute atomic E-state index is 0.146. The van der Waals surface area contributed by atoms with Crippen LogP contribution in [0.2, 0.25) is 0 Å². The maximum absolute atomic E-state index is 11.9. The number of allylic oxidation sites excluding steroid dienone is 2. The zero-order valence-electron chi connectivity index (χ0n) is 17.8. The summed E-state index contributed by atoms with van der Waals surface area (Å²) < 4.78 is 9.86. The van der Waals surface area contributed by atoms with Crippen molar-refractivity contribution in [3.63, 3.8) is 0 Å². The van der Waals surface area contributed by atoms with E-state index in [2.05, 4.69) is 11.7 Å². The van der Waals surface area contributed by atoms with Gasteiger partial charge in [-0.1, -0.05) is 69.8 Å². The molecule has 0 aliphatic heterocycles. The number of esters is 1. The van der Waals surface area contributed by atoms with Gasteiger partial charge in [-0.3, -0.25) is 14.4 Å². The maximum atomic E-state index is 11.9. The lowest BCUT2D eigenvalue weighted by atomic mass is 9.74. The first-order chi connectivity index (χ1) is 14.0. The van der Waals surface area contributed by atoms with E-state index in [0.29, 0.717) is 12.9 Å². The SMILES string of the molecule is CCCCC=CC1C=CC(CCCCCCCC(=O)OC)[C@@H](C(=O)O)[C@@H]1OC=O. The van der Waals surface area contributed by atoms with Crippen molar-refractivity contribution in [2.45, 2.75) is 77.2 Å². The Hall–Kier alpha value is -2.11. The largest absolute Gasteiger partial charge is 0.481 e. The Balaban J connectivity index is 2.57. The zero-order valence-corrected chi connectivity index (χ0v) is 17.8. The summed E-state index contributed by atoms with van der Waals surface area (Å²) in [5, 5.41) is 9.78. The second kappa shape index (κ2) is 14.8. The fourth-order valence-electron chi connectivity index (χ4n) is 3.85. The van der Waals surface area contributed by atoms with E-state index in [0.717, 1.165) is 57.8 Å². The summed E-state index contributed by atoms with van der Waals surface area (Å²) in [7, 11) is 1.39. The molecule has 164 valence electrons. The highest BCUT2D eigenvalue weighted by molar-refractivity contribution is 5.72. The molecule has 1 aliphatic rings. The van der Waals surface area contributed by atoms with Gasteiger partial charge < -0.3 is 14.6 Å². The fourth-order valence-corrected chi connectivity index (χ4v) is 3.85. The van der Waals surface area contributed by atoms with Gasteiger partial charge in [0.25, 0.3) is 6.47 Å². The standard InChI is InChI=1S/C23H36O6/c1-3-4-5-9-13-19-16-15-18(21(23(26)27)22(19)29-17-24)12-10-7-6-8-11-14-20(25)28-2/h9,13,15-19,21-22H,3-8,10-12,14H2,1-2H3,(H,26,27)/t18?,19?,21-,22-/m1/s1. The summed E-state index contributed by atoms with van der Waals surface area (Å²) in [5.41, 5.74) is 0. The molecular formula is C23H36O6. The molecular weight excluding hydrogens is 372 g/mol. The predicted octanol–water partition coefficient (Wildman–Crippen LogP) is 4.68. The highest BCUT2D eigenvalue weighted by Gasteiger charge is 2.41. The summed E-state index contributed by atoms with van der Waals surface area (Å²) >= 11 is 0. The number of methoxy groups -OCH3 is 1. The third-order valence-corrected chi connectivity index (χ3v) is 5.50. The van der Waals surface area contributed by atoms with E-state index in [-0.39, 0.29) is 17.8 Å². The normalized spacial score (nSPS) is 23.8. The smallest absolute Gasteiger partial charge is 0.310 e. The number of hydrogen-bond acceptors (Lipinski definition) is 5. The summed E-state index contributed by atoms with van der Waals surface area (Å²) in [5.74, 6) is -2.18. The van der Waals surface area contributed by atoms with Crippen LogP contribution in [0.1, 0.15) is 71.1 Å². The highest BCUT2D eigenvalue weighted by Crippen LogP contribution is 2.35. The van der Waals surface area contributed by atoms with Crippen LogP contribution in [-0.4, -0.2) is 36.7 Å². The fraction of sp³-hybridized carbons (Fsp3) is 0.696. The van der Waals surface area contributed by atoms with Gasteiger partial charge in [0, 0.05) is 12.3 Å². The number of carbonyl (C=O) groups excluding carboxylic acids is 2. The number of rotatable bonds is 15. The lowest BCUT2D eigenvalue weighted by Crippen LogP contribution is -2.42. The number of carboxylic acid groups (broad SMARTS) is 1. The van der Waals surface area contributed by atoms with Crippen molar-refractivity contribution >= 4 is 18.4 Å². The molecule has 0 bridgehead atoms. The van der Waals surface area contributed by atoms with Gasteiger partial charge in [-0.2, -0.15) is 0 Å². The zero-order chi connectivity index (χ0) is 21.5. The van der Waals surface area contributed by atoms with E-state index >= 15 is 0 Å². The Morgan fingerprint density at radius 3 is 2.45 bits per heavy atom. The van der Waals surface area contributed by atoms with Gasteiger partial charge in [0.15, 0.2) is 0 Å². The molecule has 29 heavy (non-hydrogen) atoms. The van der Waals surface area contributed by atoms with E-state index in [4.69, 9.17) is 4.74 Å². The molecule has 6 heteroatoms. The summed E-state index contributed by atoms with van der Waals surface area (Å²) in [6.07, 6.45) is 16.3. The molecule has 0 spiro atoms. The van der Waals surface area contributed by atoms with Crippen LogP contribution in [0.5, 0.6) is 0 Å². The Kier molecular flexibility index (Phi) is 12.7. The molecule has 0 fully saturated rings. The first kappa shape index (κ1) is 24.9. The maximum Gasteiger partial charge on any atom is 0.310 e. The highest BCUT2D eigenvalue weighted by atomic mass is 16.5. The van der Waals surface area contributed by atoms with Crippen LogP contribution >= 0.6 is 0 Å². The number of hydrogen-bond donors (Lipinski definition) is 1. The van der Waals surface area contributed by atoms with Crippen LogP contribution in [0.3, 0.4) is 0 Å². The van der Waals surface area contributed by atoms with Gasteiger partial charge in [0.05, 0.1) is 7.11 Å². The number of unbranched alkanes of at least 4 members (excludes halogenated alkanes) is 6. The second-order valence-corrected chi connectivity index (χ2v) is 7.64. The van der Waals surface area contributed by atoms with Gasteiger partial charge in [0.2, 0.25) is 0 Å². The number of ether oxygens (including phenoxy) is 2. The average Bonchev–Trinajstić information content (AvgIpc) is 2.71. The van der Waals surface area contributed by atoms with Crippen LogP contribution in [0.15, 0.2) is 24.3 Å². The van der Waals surface area contributed by atoms with Gasteiger partial charge in [-0.15, -0.1) is 0 Å². The van der Waals surface area contributed by atoms with E-state index in [1.807, 2.05) is 24.3 Å². The first-order valence-corrected chi connectivity index (χ1v) is 10.8. The molecule has 0 heterocycles. The van der Waals surface area contributed by atoms with E-state index in [1.165, 1.54) is 7.11 Å². The summed E-state index contributed by atoms with van der Waals surface area (Å²) in [4.78, 5) is 34.0. The molecule has 6 nitrogen and oxygen atoms in total. The second-order valence-electron chi connectivity index (χ2n) is 7.64. The number of carbonyl (C=O) groups is 3. The minimum Gasteiger partial charge on any atom is -0.481 e. The predicted molar refractivity (Wildman–Crippen MR) is 111 cm³/mol. The molecule has 1 N–H and O–H groups in total. The van der Waals surface area contributed by atoms with Crippen molar-refractivity contribution in [2.24, 2.45) is 17.8 Å². The molecule has 4 atom stereocenters. The summed E-state index contributed by atoms with van der Waals surface area (Å²) in [6.45, 7) is 2.49. The van der Waals surface area contributed by atoms with Crippen LogP contribution in [-0.2, 0) is 23.9 Å². The van der Waals surface area contributed by atoms with Crippen molar-refractivity contribution < 1.29 is 29.0 Å². The van der Waals surface area contributed by atoms with Gasteiger partial charge in [0.1, 0.15) is 12.0 Å². The van der Waals surface area contributed by atoms with Crippen molar-refractivity contribution in [1.29, 1.82) is 0 Å². The first-order valence-electron chi connectivity index (χ1n) is 10.8. The van der Waals surface area contributed by atoms with E-state index < -0.39 is 18.0 Å². The third-order valence-electron chi connectivity index (χ3n) is 5.50. The number of aliphatic carboxylic acids is 1. The van der Waals surface area contributed by atoms with Crippen LogP contribution in [0.25, 0.3) is 0 Å². The Morgan fingerprint density at radius 2 is 1.79 bits per heavy atom. The minimum atomic E-state index is -0.920. The molecule has 0 radical (unpaired) electrons. The summed E-state index contributed by atoms with van der Waals surface area (Å²) in [6, 6.07) is 0. The Bertz CT molecular complexity index is 554. The molecule has 1 aliphatic carbocycles. The molecule has 0 aromatic carbocycles. The Morgan fingerprint density at radius 1 is 1.07 bits per heavy atom. The molecule has 0 aromatic heterocycles. The van der Waals surface area contributed by atoms with Crippen LogP contribution in [0, 0.1) is 17.8 Å². The molecule has 0 saturated heterocycles. The van der Waals surface area contributed by atoms with Crippen molar-refractivity contribution in [2.75, 3.05) is 7.11 Å². The number of carboxylic acids is 1. The van der Waals surface area contributed by atoms with Crippen molar-refractivity contribution in [3.8, 4) is 0 Å². The topological polar surface area (TPSA) is 89.9 Å². The molecule has 0 saturated carbocycles. The van der Waals surface area contributed by atoms with Crippen LogP contribution < -0.4 is 0 Å². The Labute approximate surface area is 174 Å². The molecule has 1 rings (SSSR count). The van der Waals surface area contributed by atoms with E-state index in [9.17, 15) is 19.5 Å². The average molecular weight is 409 g/mol. The molecule has 0 amide bonds. The monoisotopic (exact) mass is 408 g/mol. The van der Waals surface area contributed by atoms with Gasteiger partial charge >= 0.3 is 11.9 Å². The van der Waals surface area contributed by atoms with Gasteiger partial charge in [-0.25, -0.2) is 0 Å². The lowest BCUT2D eigenvalue weighted by Gasteiger charge is -2.35. The quantitative estimate of drug-likeness (QED) is 0.183. The van der Waals surface area contributed by atoms with E-state index in [1.54, 1.807) is 0 Å². The third kappa shape index (κ3) is 9.29. The molecule has 2 unspecified atom stereocenters. The van der Waals surface area contributed by atoms with Crippen molar-refractivity contribution in [1.82, 2.24) is 0 Å². The van der Waals surface area contributed by atoms with Crippen molar-refractivity contribution in [3.05, 3.63) is 24.3 Å². The van der Waals surface area contributed by atoms with Gasteiger partial charge in [-0.05, 0) is 25.2 Å².